The number of para-hydroxylation sites is 1. The Bertz CT molecular complexity index is 1050. The minimum atomic E-state index is -0.318. The second kappa shape index (κ2) is 4.68. The highest BCUT2D eigenvalue weighted by molar-refractivity contribution is 7.20. The van der Waals surface area contributed by atoms with Gasteiger partial charge in [-0.15, -0.1) is 11.3 Å². The lowest BCUT2D eigenvalue weighted by Crippen LogP contribution is -2.22. The molecule has 2 aromatic carbocycles. The van der Waals surface area contributed by atoms with E-state index in [0.717, 1.165) is 9.92 Å². The highest BCUT2D eigenvalue weighted by atomic mass is 32.1. The van der Waals surface area contributed by atoms with Crippen LogP contribution in [0.4, 0.5) is 0 Å². The van der Waals surface area contributed by atoms with Crippen LogP contribution in [0.5, 0.6) is 11.5 Å². The van der Waals surface area contributed by atoms with Crippen molar-refractivity contribution in [1.82, 2.24) is 0 Å². The SMILES string of the molecule is COc1cccc2sc(C3=c4ccccc4=NC3=O)c(O)c12. The van der Waals surface area contributed by atoms with Gasteiger partial charge in [0.1, 0.15) is 11.5 Å². The second-order valence-corrected chi connectivity index (χ2v) is 5.97. The Hall–Kier alpha value is -2.66. The topological polar surface area (TPSA) is 58.9 Å². The van der Waals surface area contributed by atoms with Gasteiger partial charge in [0.15, 0.2) is 0 Å². The van der Waals surface area contributed by atoms with Crippen LogP contribution in [-0.2, 0) is 4.79 Å². The Morgan fingerprint density at radius 1 is 1.14 bits per heavy atom. The summed E-state index contributed by atoms with van der Waals surface area (Å²) in [6.07, 6.45) is 0. The standard InChI is InChI=1S/C17H11NO3S/c1-21-11-7-4-8-12-14(11)15(19)16(22-12)13-9-5-2-3-6-10(9)18-17(13)20/h2-8,19H,1H3. The highest BCUT2D eigenvalue weighted by Crippen LogP contribution is 2.44. The van der Waals surface area contributed by atoms with E-state index in [9.17, 15) is 9.90 Å². The number of thiophene rings is 1. The molecule has 0 bridgehead atoms. The molecule has 22 heavy (non-hydrogen) atoms. The Balaban J connectivity index is 2.11. The number of hydrogen-bond donors (Lipinski definition) is 1. The fourth-order valence-corrected chi connectivity index (χ4v) is 3.89. The molecule has 3 aromatic rings. The molecule has 0 spiro atoms. The van der Waals surface area contributed by atoms with Crippen molar-refractivity contribution >= 4 is 32.9 Å². The summed E-state index contributed by atoms with van der Waals surface area (Å²) in [7, 11) is 1.56. The average molecular weight is 309 g/mol. The van der Waals surface area contributed by atoms with Gasteiger partial charge >= 0.3 is 0 Å². The monoisotopic (exact) mass is 309 g/mol. The van der Waals surface area contributed by atoms with E-state index in [1.54, 1.807) is 19.2 Å². The summed E-state index contributed by atoms with van der Waals surface area (Å²) in [5.41, 5.74) is 0.455. The number of methoxy groups -OCH3 is 1. The van der Waals surface area contributed by atoms with Gasteiger partial charge in [-0.05, 0) is 18.2 Å². The van der Waals surface area contributed by atoms with E-state index in [2.05, 4.69) is 4.99 Å². The number of amides is 1. The van der Waals surface area contributed by atoms with Crippen LogP contribution in [-0.4, -0.2) is 18.1 Å². The van der Waals surface area contributed by atoms with Gasteiger partial charge in [-0.2, -0.15) is 0 Å². The van der Waals surface area contributed by atoms with Crippen LogP contribution >= 0.6 is 11.3 Å². The van der Waals surface area contributed by atoms with E-state index in [1.165, 1.54) is 11.3 Å². The molecule has 0 saturated carbocycles. The Morgan fingerprint density at radius 3 is 2.77 bits per heavy atom. The normalized spacial score (nSPS) is 13.3. The number of nitrogens with zero attached hydrogens (tertiary/aromatic N) is 1. The quantitative estimate of drug-likeness (QED) is 0.787. The van der Waals surface area contributed by atoms with Crippen LogP contribution in [0.3, 0.4) is 0 Å². The summed E-state index contributed by atoms with van der Waals surface area (Å²) in [5.74, 6) is 0.350. The first-order chi connectivity index (χ1) is 10.7. The molecule has 0 atom stereocenters. The van der Waals surface area contributed by atoms with Crippen molar-refractivity contribution in [3.05, 3.63) is 57.9 Å². The summed E-state index contributed by atoms with van der Waals surface area (Å²) in [4.78, 5) is 16.9. The van der Waals surface area contributed by atoms with E-state index < -0.39 is 0 Å². The molecule has 0 unspecified atom stereocenters. The fraction of sp³-hybridized carbons (Fsp3) is 0.0588. The summed E-state index contributed by atoms with van der Waals surface area (Å²) in [6.45, 7) is 0. The third-order valence-electron chi connectivity index (χ3n) is 3.71. The summed E-state index contributed by atoms with van der Waals surface area (Å²) < 4.78 is 6.18. The number of aromatic hydroxyl groups is 1. The third-order valence-corrected chi connectivity index (χ3v) is 4.87. The zero-order valence-corrected chi connectivity index (χ0v) is 12.5. The van der Waals surface area contributed by atoms with Crippen molar-refractivity contribution in [2.75, 3.05) is 7.11 Å². The maximum atomic E-state index is 12.3. The number of ether oxygens (including phenoxy) is 1. The number of rotatable bonds is 2. The van der Waals surface area contributed by atoms with E-state index >= 15 is 0 Å². The zero-order chi connectivity index (χ0) is 15.3. The highest BCUT2D eigenvalue weighted by Gasteiger charge is 2.25. The van der Waals surface area contributed by atoms with E-state index in [4.69, 9.17) is 4.74 Å². The molecule has 4 rings (SSSR count). The molecular weight excluding hydrogens is 298 g/mol. The molecule has 0 saturated heterocycles. The van der Waals surface area contributed by atoms with Crippen LogP contribution in [0, 0.1) is 0 Å². The van der Waals surface area contributed by atoms with Gasteiger partial charge in [-0.1, -0.05) is 24.3 Å². The molecule has 1 amide bonds. The maximum absolute atomic E-state index is 12.3. The van der Waals surface area contributed by atoms with Crippen LogP contribution in [0.1, 0.15) is 4.88 Å². The lowest BCUT2D eigenvalue weighted by molar-refractivity contribution is -0.112. The van der Waals surface area contributed by atoms with Gasteiger partial charge in [0.2, 0.25) is 0 Å². The van der Waals surface area contributed by atoms with E-state index in [-0.39, 0.29) is 11.7 Å². The van der Waals surface area contributed by atoms with E-state index in [0.29, 0.717) is 26.9 Å². The Morgan fingerprint density at radius 2 is 1.95 bits per heavy atom. The summed E-state index contributed by atoms with van der Waals surface area (Å²) >= 11 is 1.37. The van der Waals surface area contributed by atoms with Crippen LogP contribution in [0.15, 0.2) is 47.5 Å². The average Bonchev–Trinajstić information content (AvgIpc) is 3.03. The predicted octanol–water partition coefficient (Wildman–Crippen LogP) is 1.97. The molecule has 0 fully saturated rings. The maximum Gasteiger partial charge on any atom is 0.279 e. The van der Waals surface area contributed by atoms with Crippen molar-refractivity contribution in [3.8, 4) is 11.5 Å². The van der Waals surface area contributed by atoms with Crippen molar-refractivity contribution in [2.45, 2.75) is 0 Å². The number of carbonyl (C=O) groups excluding carboxylic acids is 1. The summed E-state index contributed by atoms with van der Waals surface area (Å²) in [5, 5.41) is 12.7. The lowest BCUT2D eigenvalue weighted by atomic mass is 10.1. The molecule has 4 nitrogen and oxygen atoms in total. The van der Waals surface area contributed by atoms with Gasteiger partial charge < -0.3 is 9.84 Å². The molecule has 108 valence electrons. The smallest absolute Gasteiger partial charge is 0.279 e. The number of benzene rings is 2. The number of fused-ring (bicyclic) bond motifs is 2. The number of carbonyl (C=O) groups is 1. The van der Waals surface area contributed by atoms with Gasteiger partial charge in [-0.25, -0.2) is 4.99 Å². The minimum absolute atomic E-state index is 0.0766. The van der Waals surface area contributed by atoms with Crippen LogP contribution in [0.2, 0.25) is 0 Å². The molecule has 5 heteroatoms. The lowest BCUT2D eigenvalue weighted by Gasteiger charge is -2.02. The molecule has 0 radical (unpaired) electrons. The molecule has 1 N–H and O–H groups in total. The van der Waals surface area contributed by atoms with Crippen LogP contribution in [0.25, 0.3) is 15.7 Å². The first-order valence-corrected chi connectivity index (χ1v) is 7.53. The largest absolute Gasteiger partial charge is 0.506 e. The molecule has 0 aliphatic carbocycles. The molecule has 1 aliphatic rings. The van der Waals surface area contributed by atoms with Gasteiger partial charge in [0.05, 0.1) is 28.3 Å². The van der Waals surface area contributed by atoms with E-state index in [1.807, 2.05) is 30.3 Å². The first-order valence-electron chi connectivity index (χ1n) is 6.72. The first kappa shape index (κ1) is 13.0. The third kappa shape index (κ3) is 1.69. The molecule has 1 aromatic heterocycles. The van der Waals surface area contributed by atoms with Crippen molar-refractivity contribution in [1.29, 1.82) is 0 Å². The molecule has 2 heterocycles. The fourth-order valence-electron chi connectivity index (χ4n) is 2.72. The number of hydrogen-bond acceptors (Lipinski definition) is 4. The van der Waals surface area contributed by atoms with Crippen molar-refractivity contribution in [3.63, 3.8) is 0 Å². The minimum Gasteiger partial charge on any atom is -0.506 e. The molecular formula is C17H11NO3S. The zero-order valence-electron chi connectivity index (χ0n) is 11.7. The van der Waals surface area contributed by atoms with Crippen molar-refractivity contribution in [2.24, 2.45) is 4.99 Å². The Kier molecular flexibility index (Phi) is 2.77. The summed E-state index contributed by atoms with van der Waals surface area (Å²) in [6, 6.07) is 12.9. The predicted molar refractivity (Wildman–Crippen MR) is 84.8 cm³/mol. The second-order valence-electron chi connectivity index (χ2n) is 4.92. The van der Waals surface area contributed by atoms with Crippen LogP contribution < -0.4 is 15.3 Å². The van der Waals surface area contributed by atoms with Gasteiger partial charge in [0.25, 0.3) is 5.91 Å². The van der Waals surface area contributed by atoms with Gasteiger partial charge in [-0.3, -0.25) is 4.79 Å². The Labute approximate surface area is 129 Å². The van der Waals surface area contributed by atoms with Crippen molar-refractivity contribution < 1.29 is 14.6 Å². The van der Waals surface area contributed by atoms with Gasteiger partial charge in [0, 0.05) is 9.92 Å². The molecule has 1 aliphatic heterocycles.